The van der Waals surface area contributed by atoms with E-state index in [1.807, 2.05) is 104 Å². The van der Waals surface area contributed by atoms with Gasteiger partial charge in [0.1, 0.15) is 33.5 Å². The third-order valence-electron chi connectivity index (χ3n) is 27.7. The number of pyridine rings is 12. The zero-order valence-electron chi connectivity index (χ0n) is 66.5. The highest BCUT2D eigenvalue weighted by atomic mass is 15.1. The first kappa shape index (κ1) is 66.7. The Morgan fingerprint density at radius 2 is 0.484 bits per heavy atom. The van der Waals surface area contributed by atoms with E-state index in [-0.39, 0.29) is 0 Å². The van der Waals surface area contributed by atoms with Crippen LogP contribution in [0.3, 0.4) is 0 Å². The average Bonchev–Trinajstić information content (AvgIpc) is 1.54. The van der Waals surface area contributed by atoms with Crippen LogP contribution in [0.25, 0.3) is 200 Å². The van der Waals surface area contributed by atoms with Gasteiger partial charge in [-0.3, -0.25) is 57.5 Å². The number of benzene rings is 8. The van der Waals surface area contributed by atoms with E-state index in [0.717, 1.165) is 184 Å². The lowest BCUT2D eigenvalue weighted by atomic mass is 9.99. The third-order valence-corrected chi connectivity index (χ3v) is 27.7. The first-order chi connectivity index (χ1) is 61.5. The van der Waals surface area contributed by atoms with Crippen molar-refractivity contribution in [3.63, 3.8) is 0 Å². The summed E-state index contributed by atoms with van der Waals surface area (Å²) in [4.78, 5) is 57.6. The van der Waals surface area contributed by atoms with E-state index >= 15 is 0 Å². The Hall–Kier alpha value is -16.2. The molecule has 8 aliphatic rings. The van der Waals surface area contributed by atoms with Gasteiger partial charge in [0, 0.05) is 142 Å². The Labute approximate surface area is 706 Å². The number of rotatable bonds is 0. The number of aromatic nitrogens is 16. The summed E-state index contributed by atoms with van der Waals surface area (Å²) in [6, 6.07) is 83.0. The van der Waals surface area contributed by atoms with Crippen LogP contribution in [-0.4, -0.2) is 77.4 Å². The summed E-state index contributed by atoms with van der Waals surface area (Å²) >= 11 is 0. The normalized spacial score (nSPS) is 13.5. The number of nitrogens with zero attached hydrogens (tertiary/aromatic N) is 16. The van der Waals surface area contributed by atoms with Crippen LogP contribution in [0.2, 0.25) is 0 Å². The van der Waals surface area contributed by atoms with Gasteiger partial charge in [0.25, 0.3) is 0 Å². The van der Waals surface area contributed by atoms with E-state index in [9.17, 15) is 0 Å². The summed E-state index contributed by atoms with van der Waals surface area (Å²) in [6.07, 6.45) is 26.1. The van der Waals surface area contributed by atoms with Crippen molar-refractivity contribution in [2.45, 2.75) is 51.4 Å². The van der Waals surface area contributed by atoms with Gasteiger partial charge in [-0.15, -0.1) is 0 Å². The number of hydrogen-bond acceptors (Lipinski definition) is 12. The fourth-order valence-corrected chi connectivity index (χ4v) is 22.4. The van der Waals surface area contributed by atoms with E-state index in [4.69, 9.17) is 34.9 Å². The third kappa shape index (κ3) is 9.18. The number of hydrogen-bond donors (Lipinski definition) is 0. The molecule has 124 heavy (non-hydrogen) atoms. The van der Waals surface area contributed by atoms with E-state index in [2.05, 4.69) is 231 Å². The monoisotopic (exact) mass is 1580 g/mol. The van der Waals surface area contributed by atoms with E-state index < -0.39 is 0 Å². The Kier molecular flexibility index (Phi) is 13.3. The standard InChI is InChI=1S/4C27H16N4/c1-2-6-18-15(5-1)11-16-13-21-17(12-20(16)18)14-23-24(21)30-27-19-7-3-9-28-25(19)26-22(31(23)27)8-4-10-29-26;1-2-6-18-15(5-1)11-16-13-21-17(12-20(16)18)14-23-25(21)30-27-26-19(7-3-9-29-26)24-22(31(23)27)8-4-10-28-24;1-2-5-18-15(4-1)10-16-12-21-17(11-20(16)18)13-24-26(21)30-27-19-7-9-28-14-22(19)25-23(31(24)27)6-3-8-29-25;1-2-5-18-15(4-1)10-16-12-21-17(11-20(16)18)13-24-26(21)30-27-22-14-28-9-7-19(22)25-23(31(24)27)6-3-8-29-25/h2*1-10,12-13H,11,14H2;2*1-9,11-12,14H,10,13H2. The lowest BCUT2D eigenvalue weighted by molar-refractivity contribution is 1.09. The molecular formula is C108H64N16. The maximum atomic E-state index is 5.19. The van der Waals surface area contributed by atoms with Crippen LogP contribution >= 0.6 is 0 Å². The molecule has 0 amide bonds. The zero-order chi connectivity index (χ0) is 80.4. The number of fused-ring (bicyclic) bond motifs is 52. The van der Waals surface area contributed by atoms with Crippen molar-refractivity contribution < 1.29 is 0 Å². The van der Waals surface area contributed by atoms with Crippen LogP contribution in [-0.2, 0) is 51.4 Å². The molecule has 0 saturated carbocycles. The molecule has 0 fully saturated rings. The summed E-state index contributed by atoms with van der Waals surface area (Å²) in [6.45, 7) is 0. The van der Waals surface area contributed by atoms with Gasteiger partial charge in [0.05, 0.1) is 84.2 Å². The second-order valence-corrected chi connectivity index (χ2v) is 34.1. The molecule has 16 heteroatoms. The van der Waals surface area contributed by atoms with Gasteiger partial charge in [0.15, 0.2) is 5.65 Å². The van der Waals surface area contributed by atoms with Crippen LogP contribution in [0.15, 0.2) is 292 Å². The minimum atomic E-state index is 0.879. The second kappa shape index (κ2) is 24.7. The molecule has 0 aliphatic heterocycles. The highest BCUT2D eigenvalue weighted by Gasteiger charge is 2.36. The van der Waals surface area contributed by atoms with Gasteiger partial charge in [-0.05, 0) is 270 Å². The minimum Gasteiger partial charge on any atom is -0.294 e. The van der Waals surface area contributed by atoms with E-state index in [1.165, 1.54) is 156 Å². The van der Waals surface area contributed by atoms with Gasteiger partial charge in [-0.2, -0.15) is 0 Å². The largest absolute Gasteiger partial charge is 0.294 e. The first-order valence-corrected chi connectivity index (χ1v) is 42.5. The van der Waals surface area contributed by atoms with Crippen molar-refractivity contribution in [3.05, 3.63) is 382 Å². The van der Waals surface area contributed by atoms with Crippen molar-refractivity contribution in [1.29, 1.82) is 0 Å². The molecule has 0 spiro atoms. The zero-order valence-corrected chi connectivity index (χ0v) is 66.5. The Balaban J connectivity index is 0.0000000828. The Morgan fingerprint density at radius 1 is 0.185 bits per heavy atom. The predicted molar refractivity (Wildman–Crippen MR) is 489 cm³/mol. The van der Waals surface area contributed by atoms with Crippen LogP contribution in [0.1, 0.15) is 89.5 Å². The highest BCUT2D eigenvalue weighted by molar-refractivity contribution is 6.14. The van der Waals surface area contributed by atoms with Crippen molar-refractivity contribution in [2.24, 2.45) is 0 Å². The van der Waals surface area contributed by atoms with Crippen molar-refractivity contribution in [1.82, 2.24) is 77.4 Å². The lowest BCUT2D eigenvalue weighted by Gasteiger charge is -2.09. The maximum absolute atomic E-state index is 5.19. The van der Waals surface area contributed by atoms with Crippen LogP contribution in [0.4, 0.5) is 0 Å². The van der Waals surface area contributed by atoms with E-state index in [0.29, 0.717) is 0 Å². The SMILES string of the molecule is c1ccc2c(c1)Cc1cc3c(cc1-2)Cc1c-3nc2c3cccnc3c3ncccc3n12.c1ccc2c(c1)Cc1cc3c(cc1-2)Cc1c-3nc2c3ccncc3c3ncccc3n12.c1ccc2c(c1)Cc1cc3c(cc1-2)Cc1c-3nc2c3cnccc3c3ncccc3n12.c1ccc2c(c1)Cc1cc3c(cc1-2)Cc1c-3nc2c3ncccc3c3ncccc3n12. The summed E-state index contributed by atoms with van der Waals surface area (Å²) in [5.41, 5.74) is 56.3. The molecular weight excluding hydrogens is 1520 g/mol. The molecule has 0 radical (unpaired) electrons. The molecule has 0 saturated heterocycles. The molecule has 576 valence electrons. The van der Waals surface area contributed by atoms with Crippen molar-refractivity contribution in [2.75, 3.05) is 0 Å². The highest BCUT2D eigenvalue weighted by Crippen LogP contribution is 2.52. The van der Waals surface area contributed by atoms with Crippen molar-refractivity contribution >= 4 is 110 Å². The Bertz CT molecular complexity index is 8010. The van der Waals surface area contributed by atoms with Gasteiger partial charge in [0.2, 0.25) is 0 Å². The Morgan fingerprint density at radius 3 is 0.919 bits per heavy atom. The molecule has 24 aromatic rings. The first-order valence-electron chi connectivity index (χ1n) is 42.5. The summed E-state index contributed by atoms with van der Waals surface area (Å²) in [5, 5.41) is 6.42. The molecule has 16 heterocycles. The smallest absolute Gasteiger partial charge is 0.164 e. The summed E-state index contributed by atoms with van der Waals surface area (Å²) < 4.78 is 9.21. The molecule has 32 rings (SSSR count). The molecule has 16 nitrogen and oxygen atoms in total. The van der Waals surface area contributed by atoms with Crippen LogP contribution < -0.4 is 0 Å². The molecule has 0 bridgehead atoms. The minimum absolute atomic E-state index is 0.879. The molecule has 8 aliphatic carbocycles. The molecule has 8 aromatic carbocycles. The second-order valence-electron chi connectivity index (χ2n) is 34.1. The summed E-state index contributed by atoms with van der Waals surface area (Å²) in [5.74, 6) is 0. The average molecular weight is 1590 g/mol. The van der Waals surface area contributed by atoms with Crippen LogP contribution in [0.5, 0.6) is 0 Å². The lowest BCUT2D eigenvalue weighted by Crippen LogP contribution is -1.98. The topological polar surface area (TPSA) is 172 Å². The maximum Gasteiger partial charge on any atom is 0.164 e. The number of imidazole rings is 4. The van der Waals surface area contributed by atoms with Gasteiger partial charge in [-0.1, -0.05) is 97.1 Å². The molecule has 0 atom stereocenters. The predicted octanol–water partition coefficient (Wildman–Crippen LogP) is 22.3. The fourth-order valence-electron chi connectivity index (χ4n) is 22.4. The van der Waals surface area contributed by atoms with Gasteiger partial charge in [-0.25, -0.2) is 19.9 Å². The van der Waals surface area contributed by atoms with Gasteiger partial charge >= 0.3 is 0 Å². The molecule has 0 unspecified atom stereocenters. The van der Waals surface area contributed by atoms with Gasteiger partial charge < -0.3 is 0 Å². The molecule has 16 aromatic heterocycles. The van der Waals surface area contributed by atoms with Crippen LogP contribution in [0, 0.1) is 0 Å². The van der Waals surface area contributed by atoms with E-state index in [1.54, 1.807) is 0 Å². The fraction of sp³-hybridized carbons (Fsp3) is 0.0741. The summed E-state index contributed by atoms with van der Waals surface area (Å²) in [7, 11) is 0. The van der Waals surface area contributed by atoms with Crippen molar-refractivity contribution in [3.8, 4) is 89.5 Å². The quantitative estimate of drug-likeness (QED) is 0.132. The molecule has 0 N–H and O–H groups in total.